The van der Waals surface area contributed by atoms with Gasteiger partial charge in [0.25, 0.3) is 0 Å². The maximum absolute atomic E-state index is 12.4. The summed E-state index contributed by atoms with van der Waals surface area (Å²) in [5.74, 6) is 1.00. The summed E-state index contributed by atoms with van der Waals surface area (Å²) >= 11 is 1.52. The minimum absolute atomic E-state index is 0.0609. The molecule has 26 heavy (non-hydrogen) atoms. The van der Waals surface area contributed by atoms with E-state index >= 15 is 0 Å². The molecule has 7 heteroatoms. The van der Waals surface area contributed by atoms with Gasteiger partial charge in [-0.05, 0) is 33.6 Å². The summed E-state index contributed by atoms with van der Waals surface area (Å²) in [7, 11) is 0. The first-order valence-electron chi connectivity index (χ1n) is 9.46. The van der Waals surface area contributed by atoms with Crippen LogP contribution in [0.15, 0.2) is 5.16 Å². The molecule has 1 aliphatic heterocycles. The van der Waals surface area contributed by atoms with Crippen LogP contribution >= 0.6 is 11.8 Å². The van der Waals surface area contributed by atoms with Crippen LogP contribution in [0.5, 0.6) is 0 Å². The third-order valence-electron chi connectivity index (χ3n) is 4.89. The highest BCUT2D eigenvalue weighted by Gasteiger charge is 2.28. The molecule has 6 nitrogen and oxygen atoms in total. The lowest BCUT2D eigenvalue weighted by Crippen LogP contribution is -2.55. The number of hydrogen-bond donors (Lipinski definition) is 1. The van der Waals surface area contributed by atoms with Gasteiger partial charge in [-0.15, -0.1) is 0 Å². The summed E-state index contributed by atoms with van der Waals surface area (Å²) < 4.78 is 7.65. The second kappa shape index (κ2) is 9.24. The Morgan fingerprint density at radius 3 is 2.58 bits per heavy atom. The molecule has 2 rings (SSSR count). The Morgan fingerprint density at radius 1 is 1.31 bits per heavy atom. The van der Waals surface area contributed by atoms with Crippen molar-refractivity contribution in [2.45, 2.75) is 58.8 Å². The Bertz CT molecular complexity index is 607. The minimum Gasteiger partial charge on any atom is -0.379 e. The molecule has 0 saturated carbocycles. The second-order valence-corrected chi connectivity index (χ2v) is 8.99. The standard InChI is InChI=1S/C19H34N4O2S/c1-14(2)11-23-16(4)15(3)21-18(23)26-12-17(24)20-13-19(5,6)22-7-9-25-10-8-22/h14H,7-13H2,1-6H3,(H,20,24). The van der Waals surface area contributed by atoms with Crippen LogP contribution in [0.4, 0.5) is 0 Å². The molecule has 0 radical (unpaired) electrons. The molecule has 1 aromatic rings. The van der Waals surface area contributed by atoms with E-state index in [0.29, 0.717) is 18.2 Å². The number of nitrogens with zero attached hydrogens (tertiary/aromatic N) is 3. The number of nitrogens with one attached hydrogen (secondary N) is 1. The van der Waals surface area contributed by atoms with E-state index in [2.05, 4.69) is 54.4 Å². The molecular formula is C19H34N4O2S. The van der Waals surface area contributed by atoms with Crippen molar-refractivity contribution >= 4 is 17.7 Å². The molecule has 1 N–H and O–H groups in total. The number of thioether (sulfide) groups is 1. The van der Waals surface area contributed by atoms with Crippen molar-refractivity contribution < 1.29 is 9.53 Å². The Hall–Kier alpha value is -1.05. The number of rotatable bonds is 8. The van der Waals surface area contributed by atoms with Crippen LogP contribution in [0.25, 0.3) is 0 Å². The predicted octanol–water partition coefficient (Wildman–Crippen LogP) is 2.48. The third kappa shape index (κ3) is 5.72. The largest absolute Gasteiger partial charge is 0.379 e. The Balaban J connectivity index is 1.86. The summed E-state index contributed by atoms with van der Waals surface area (Å²) in [6, 6.07) is 0. The van der Waals surface area contributed by atoms with Crippen LogP contribution in [-0.4, -0.2) is 64.5 Å². The van der Waals surface area contributed by atoms with E-state index in [1.54, 1.807) is 0 Å². The average molecular weight is 383 g/mol. The van der Waals surface area contributed by atoms with Gasteiger partial charge < -0.3 is 14.6 Å². The minimum atomic E-state index is -0.0621. The monoisotopic (exact) mass is 382 g/mol. The van der Waals surface area contributed by atoms with E-state index in [1.165, 1.54) is 17.5 Å². The molecule has 0 aliphatic carbocycles. The van der Waals surface area contributed by atoms with E-state index in [4.69, 9.17) is 4.74 Å². The van der Waals surface area contributed by atoms with Gasteiger partial charge in [0.05, 0.1) is 24.7 Å². The molecule has 0 bridgehead atoms. The maximum atomic E-state index is 12.4. The Morgan fingerprint density at radius 2 is 1.96 bits per heavy atom. The van der Waals surface area contributed by atoms with Crippen LogP contribution in [0, 0.1) is 19.8 Å². The fourth-order valence-corrected chi connectivity index (χ4v) is 4.02. The van der Waals surface area contributed by atoms with Crippen molar-refractivity contribution in [2.75, 3.05) is 38.6 Å². The van der Waals surface area contributed by atoms with E-state index in [0.717, 1.165) is 43.7 Å². The van der Waals surface area contributed by atoms with Crippen LogP contribution < -0.4 is 5.32 Å². The highest BCUT2D eigenvalue weighted by molar-refractivity contribution is 7.99. The van der Waals surface area contributed by atoms with E-state index in [-0.39, 0.29) is 11.4 Å². The van der Waals surface area contributed by atoms with Gasteiger partial charge in [0.2, 0.25) is 5.91 Å². The molecule has 148 valence electrons. The molecular weight excluding hydrogens is 348 g/mol. The zero-order valence-corrected chi connectivity index (χ0v) is 17.9. The highest BCUT2D eigenvalue weighted by atomic mass is 32.2. The van der Waals surface area contributed by atoms with Gasteiger partial charge in [0.15, 0.2) is 5.16 Å². The van der Waals surface area contributed by atoms with Gasteiger partial charge in [-0.1, -0.05) is 25.6 Å². The summed E-state index contributed by atoms with van der Waals surface area (Å²) in [6.07, 6.45) is 0. The summed E-state index contributed by atoms with van der Waals surface area (Å²) in [6.45, 7) is 17.8. The number of carbonyl (C=O) groups excluding carboxylic acids is 1. The lowest BCUT2D eigenvalue weighted by molar-refractivity contribution is -0.119. The van der Waals surface area contributed by atoms with Crippen molar-refractivity contribution in [3.05, 3.63) is 11.4 Å². The average Bonchev–Trinajstić information content (AvgIpc) is 2.86. The molecule has 1 fully saturated rings. The first-order valence-corrected chi connectivity index (χ1v) is 10.5. The molecule has 1 aromatic heterocycles. The number of ether oxygens (including phenoxy) is 1. The Labute approximate surface area is 162 Å². The summed E-state index contributed by atoms with van der Waals surface area (Å²) in [5, 5.41) is 4.03. The van der Waals surface area contributed by atoms with Crippen LogP contribution in [0.1, 0.15) is 39.1 Å². The number of morpholine rings is 1. The van der Waals surface area contributed by atoms with Crippen molar-refractivity contribution in [1.82, 2.24) is 19.8 Å². The summed E-state index contributed by atoms with van der Waals surface area (Å²) in [5.41, 5.74) is 2.17. The lowest BCUT2D eigenvalue weighted by atomic mass is 10.0. The summed E-state index contributed by atoms with van der Waals surface area (Å²) in [4.78, 5) is 19.4. The number of hydrogen-bond acceptors (Lipinski definition) is 5. The van der Waals surface area contributed by atoms with Crippen molar-refractivity contribution in [1.29, 1.82) is 0 Å². The topological polar surface area (TPSA) is 59.4 Å². The zero-order chi connectivity index (χ0) is 19.3. The molecule has 2 heterocycles. The van der Waals surface area contributed by atoms with E-state index in [1.807, 2.05) is 6.92 Å². The van der Waals surface area contributed by atoms with Gasteiger partial charge in [-0.25, -0.2) is 4.98 Å². The van der Waals surface area contributed by atoms with E-state index < -0.39 is 0 Å². The smallest absolute Gasteiger partial charge is 0.230 e. The number of amides is 1. The molecule has 0 unspecified atom stereocenters. The SMILES string of the molecule is Cc1nc(SCC(=O)NCC(C)(C)N2CCOCC2)n(CC(C)C)c1C. The molecule has 1 saturated heterocycles. The molecule has 0 spiro atoms. The van der Waals surface area contributed by atoms with Crippen molar-refractivity contribution in [3.63, 3.8) is 0 Å². The fraction of sp³-hybridized carbons (Fsp3) is 0.789. The number of aromatic nitrogens is 2. The highest BCUT2D eigenvalue weighted by Crippen LogP contribution is 2.22. The van der Waals surface area contributed by atoms with Crippen LogP contribution in [-0.2, 0) is 16.1 Å². The second-order valence-electron chi connectivity index (χ2n) is 8.05. The first-order chi connectivity index (χ1) is 12.2. The first kappa shape index (κ1) is 21.3. The number of carbonyl (C=O) groups is 1. The van der Waals surface area contributed by atoms with Crippen LogP contribution in [0.2, 0.25) is 0 Å². The quantitative estimate of drug-likeness (QED) is 0.700. The van der Waals surface area contributed by atoms with Crippen molar-refractivity contribution in [2.24, 2.45) is 5.92 Å². The number of imidazole rings is 1. The van der Waals surface area contributed by atoms with Crippen molar-refractivity contribution in [3.8, 4) is 0 Å². The van der Waals surface area contributed by atoms with Gasteiger partial charge in [-0.2, -0.15) is 0 Å². The molecule has 0 aromatic carbocycles. The lowest BCUT2D eigenvalue weighted by Gasteiger charge is -2.40. The third-order valence-corrected chi connectivity index (χ3v) is 5.86. The molecule has 0 atom stereocenters. The maximum Gasteiger partial charge on any atom is 0.230 e. The normalized spacial score (nSPS) is 16.3. The van der Waals surface area contributed by atoms with E-state index in [9.17, 15) is 4.79 Å². The number of aryl methyl sites for hydroxylation is 1. The van der Waals surface area contributed by atoms with Gasteiger partial charge in [0, 0.05) is 37.4 Å². The predicted molar refractivity (Wildman–Crippen MR) is 107 cm³/mol. The molecule has 1 aliphatic rings. The van der Waals surface area contributed by atoms with Crippen LogP contribution in [0.3, 0.4) is 0 Å². The Kier molecular flexibility index (Phi) is 7.55. The molecule has 1 amide bonds. The fourth-order valence-electron chi connectivity index (χ4n) is 3.09. The van der Waals surface area contributed by atoms with Gasteiger partial charge in [-0.3, -0.25) is 9.69 Å². The van der Waals surface area contributed by atoms with Gasteiger partial charge >= 0.3 is 0 Å². The zero-order valence-electron chi connectivity index (χ0n) is 17.1. The van der Waals surface area contributed by atoms with Gasteiger partial charge in [0.1, 0.15) is 0 Å².